The van der Waals surface area contributed by atoms with Crippen molar-refractivity contribution < 1.29 is 15.0 Å². The summed E-state index contributed by atoms with van der Waals surface area (Å²) in [4.78, 5) is 14.7. The fourth-order valence-corrected chi connectivity index (χ4v) is 3.86. The van der Waals surface area contributed by atoms with E-state index in [2.05, 4.69) is 21.0 Å². The van der Waals surface area contributed by atoms with Crippen molar-refractivity contribution in [3.8, 4) is 28.4 Å². The number of nitrogens with zero attached hydrogens (tertiary/aromatic N) is 3. The minimum absolute atomic E-state index is 0.106. The van der Waals surface area contributed by atoms with Gasteiger partial charge in [-0.05, 0) is 48.4 Å². The molecule has 0 saturated heterocycles. The van der Waals surface area contributed by atoms with Crippen LogP contribution in [0.4, 0.5) is 0 Å². The SMILES string of the molecule is Cc1ccccc1-n1nccc1-c1cc(C(=O)N(C)Cc2ccc(Br)cc2)c(O)cc1O. The quantitative estimate of drug-likeness (QED) is 0.397. The predicted octanol–water partition coefficient (Wildman–Crippen LogP) is 5.29. The minimum atomic E-state index is -0.353. The maximum absolute atomic E-state index is 13.1. The molecule has 2 N–H and O–H groups in total. The zero-order chi connectivity index (χ0) is 22.8. The van der Waals surface area contributed by atoms with Crippen LogP contribution in [0, 0.1) is 6.92 Å². The summed E-state index contributed by atoms with van der Waals surface area (Å²) in [6.07, 6.45) is 1.63. The Kier molecular flexibility index (Phi) is 6.01. The largest absolute Gasteiger partial charge is 0.507 e. The van der Waals surface area contributed by atoms with E-state index in [0.29, 0.717) is 17.8 Å². The fraction of sp³-hybridized carbons (Fsp3) is 0.120. The fourth-order valence-electron chi connectivity index (χ4n) is 3.60. The van der Waals surface area contributed by atoms with Crippen LogP contribution >= 0.6 is 15.9 Å². The molecular formula is C25H22BrN3O3. The van der Waals surface area contributed by atoms with E-state index in [-0.39, 0.29) is 23.0 Å². The van der Waals surface area contributed by atoms with E-state index in [1.165, 1.54) is 17.0 Å². The van der Waals surface area contributed by atoms with Gasteiger partial charge < -0.3 is 15.1 Å². The van der Waals surface area contributed by atoms with Crippen molar-refractivity contribution >= 4 is 21.8 Å². The minimum Gasteiger partial charge on any atom is -0.507 e. The summed E-state index contributed by atoms with van der Waals surface area (Å²) in [5.74, 6) is -0.764. The van der Waals surface area contributed by atoms with E-state index in [1.807, 2.05) is 55.5 Å². The number of carbonyl (C=O) groups is 1. The summed E-state index contributed by atoms with van der Waals surface area (Å²) in [7, 11) is 1.67. The highest BCUT2D eigenvalue weighted by Crippen LogP contribution is 2.36. The topological polar surface area (TPSA) is 78.6 Å². The van der Waals surface area contributed by atoms with Gasteiger partial charge in [-0.2, -0.15) is 5.10 Å². The van der Waals surface area contributed by atoms with Crippen LogP contribution < -0.4 is 0 Å². The summed E-state index contributed by atoms with van der Waals surface area (Å²) >= 11 is 3.40. The van der Waals surface area contributed by atoms with Crippen LogP contribution in [0.2, 0.25) is 0 Å². The lowest BCUT2D eigenvalue weighted by Crippen LogP contribution is -2.26. The first-order valence-electron chi connectivity index (χ1n) is 10.0. The molecule has 0 radical (unpaired) electrons. The second kappa shape index (κ2) is 8.88. The third-order valence-electron chi connectivity index (χ3n) is 5.29. The van der Waals surface area contributed by atoms with Crippen molar-refractivity contribution in [1.29, 1.82) is 0 Å². The molecule has 3 aromatic carbocycles. The lowest BCUT2D eigenvalue weighted by atomic mass is 10.0. The maximum Gasteiger partial charge on any atom is 0.257 e. The monoisotopic (exact) mass is 491 g/mol. The van der Waals surface area contributed by atoms with Crippen molar-refractivity contribution in [3.63, 3.8) is 0 Å². The lowest BCUT2D eigenvalue weighted by Gasteiger charge is -2.19. The van der Waals surface area contributed by atoms with Crippen LogP contribution in [-0.4, -0.2) is 37.8 Å². The molecule has 32 heavy (non-hydrogen) atoms. The molecule has 0 aliphatic heterocycles. The van der Waals surface area contributed by atoms with Crippen molar-refractivity contribution in [1.82, 2.24) is 14.7 Å². The number of hydrogen-bond acceptors (Lipinski definition) is 4. The Morgan fingerprint density at radius 3 is 2.47 bits per heavy atom. The van der Waals surface area contributed by atoms with Gasteiger partial charge >= 0.3 is 0 Å². The highest BCUT2D eigenvalue weighted by molar-refractivity contribution is 9.10. The molecule has 1 aromatic heterocycles. The standard InChI is InChI=1S/C25H22BrN3O3/c1-16-5-3-4-6-21(16)29-22(11-12-27-29)19-13-20(24(31)14-23(19)30)25(32)28(2)15-17-7-9-18(26)10-8-17/h3-14,30-31H,15H2,1-2H3. The van der Waals surface area contributed by atoms with Crippen molar-refractivity contribution in [2.45, 2.75) is 13.5 Å². The average Bonchev–Trinajstić information content (AvgIpc) is 3.24. The molecule has 0 unspecified atom stereocenters. The van der Waals surface area contributed by atoms with Gasteiger partial charge in [-0.1, -0.05) is 46.3 Å². The Bertz CT molecular complexity index is 1280. The highest BCUT2D eigenvalue weighted by Gasteiger charge is 2.21. The first-order valence-corrected chi connectivity index (χ1v) is 10.8. The Balaban J connectivity index is 1.70. The first-order chi connectivity index (χ1) is 15.3. The molecule has 1 heterocycles. The Labute approximate surface area is 194 Å². The zero-order valence-corrected chi connectivity index (χ0v) is 19.2. The van der Waals surface area contributed by atoms with Crippen LogP contribution in [0.15, 0.2) is 77.4 Å². The number of aromatic hydroxyl groups is 2. The average molecular weight is 492 g/mol. The van der Waals surface area contributed by atoms with Gasteiger partial charge in [0.15, 0.2) is 0 Å². The second-order valence-electron chi connectivity index (χ2n) is 7.59. The Morgan fingerprint density at radius 1 is 1.03 bits per heavy atom. The van der Waals surface area contributed by atoms with Gasteiger partial charge in [0.2, 0.25) is 0 Å². The van der Waals surface area contributed by atoms with E-state index in [4.69, 9.17) is 0 Å². The van der Waals surface area contributed by atoms with Gasteiger partial charge in [-0.15, -0.1) is 0 Å². The van der Waals surface area contributed by atoms with Gasteiger partial charge in [-0.25, -0.2) is 4.68 Å². The summed E-state index contributed by atoms with van der Waals surface area (Å²) in [6, 6.07) is 19.9. The van der Waals surface area contributed by atoms with Crippen molar-refractivity contribution in [2.75, 3.05) is 7.05 Å². The van der Waals surface area contributed by atoms with Crippen LogP contribution in [0.5, 0.6) is 11.5 Å². The summed E-state index contributed by atoms with van der Waals surface area (Å²) in [5.41, 5.74) is 3.96. The van der Waals surface area contributed by atoms with E-state index in [1.54, 1.807) is 24.0 Å². The highest BCUT2D eigenvalue weighted by atomic mass is 79.9. The molecule has 4 rings (SSSR count). The molecule has 0 atom stereocenters. The molecule has 0 aliphatic carbocycles. The number of aryl methyl sites for hydroxylation is 1. The molecule has 162 valence electrons. The number of halogens is 1. The number of benzene rings is 3. The van der Waals surface area contributed by atoms with Gasteiger partial charge in [0, 0.05) is 29.7 Å². The molecule has 0 aliphatic rings. The van der Waals surface area contributed by atoms with E-state index in [0.717, 1.165) is 21.3 Å². The molecule has 0 bridgehead atoms. The molecule has 0 spiro atoms. The molecule has 0 fully saturated rings. The predicted molar refractivity (Wildman–Crippen MR) is 127 cm³/mol. The third-order valence-corrected chi connectivity index (χ3v) is 5.82. The van der Waals surface area contributed by atoms with E-state index < -0.39 is 0 Å². The molecule has 4 aromatic rings. The van der Waals surface area contributed by atoms with Crippen LogP contribution in [0.25, 0.3) is 16.9 Å². The molecule has 6 nitrogen and oxygen atoms in total. The maximum atomic E-state index is 13.1. The number of para-hydroxylation sites is 1. The van der Waals surface area contributed by atoms with Gasteiger partial charge in [0.1, 0.15) is 11.5 Å². The van der Waals surface area contributed by atoms with E-state index >= 15 is 0 Å². The smallest absolute Gasteiger partial charge is 0.257 e. The number of rotatable bonds is 5. The molecule has 7 heteroatoms. The number of hydrogen-bond donors (Lipinski definition) is 2. The number of aromatic nitrogens is 2. The third kappa shape index (κ3) is 4.24. The summed E-state index contributed by atoms with van der Waals surface area (Å²) < 4.78 is 2.67. The van der Waals surface area contributed by atoms with Gasteiger partial charge in [0.05, 0.1) is 23.1 Å². The van der Waals surface area contributed by atoms with Crippen LogP contribution in [0.1, 0.15) is 21.5 Å². The Morgan fingerprint density at radius 2 is 1.75 bits per heavy atom. The molecular weight excluding hydrogens is 470 g/mol. The van der Waals surface area contributed by atoms with Crippen LogP contribution in [0.3, 0.4) is 0 Å². The first kappa shape index (κ1) is 21.6. The van der Waals surface area contributed by atoms with Gasteiger partial charge in [-0.3, -0.25) is 4.79 Å². The Hall–Kier alpha value is -3.58. The summed E-state index contributed by atoms with van der Waals surface area (Å²) in [6.45, 7) is 2.35. The molecule has 0 saturated carbocycles. The number of amides is 1. The second-order valence-corrected chi connectivity index (χ2v) is 8.50. The summed E-state index contributed by atoms with van der Waals surface area (Å²) in [5, 5.41) is 25.4. The van der Waals surface area contributed by atoms with Crippen molar-refractivity contribution in [2.24, 2.45) is 0 Å². The van der Waals surface area contributed by atoms with E-state index in [9.17, 15) is 15.0 Å². The van der Waals surface area contributed by atoms with Gasteiger partial charge in [0.25, 0.3) is 5.91 Å². The zero-order valence-electron chi connectivity index (χ0n) is 17.7. The lowest BCUT2D eigenvalue weighted by molar-refractivity contribution is 0.0782. The molecule has 1 amide bonds. The van der Waals surface area contributed by atoms with Crippen molar-refractivity contribution in [3.05, 3.63) is 94.1 Å². The number of phenolic OH excluding ortho intramolecular Hbond substituents is 2. The number of carbonyl (C=O) groups excluding carboxylic acids is 1. The van der Waals surface area contributed by atoms with Crippen LogP contribution in [-0.2, 0) is 6.54 Å². The number of phenols is 2. The normalized spacial score (nSPS) is 10.8.